The van der Waals surface area contributed by atoms with E-state index >= 15 is 0 Å². The predicted octanol–water partition coefficient (Wildman–Crippen LogP) is 9.51. The molecule has 0 aliphatic heterocycles. The first-order chi connectivity index (χ1) is 20.0. The zero-order valence-electron chi connectivity index (χ0n) is 24.0. The predicted molar refractivity (Wildman–Crippen MR) is 162 cm³/mol. The first-order valence-corrected chi connectivity index (χ1v) is 14.1. The zero-order valence-corrected chi connectivity index (χ0v) is 24.0. The lowest BCUT2D eigenvalue weighted by Crippen LogP contribution is -2.37. The molecule has 1 saturated carbocycles. The summed E-state index contributed by atoms with van der Waals surface area (Å²) in [5.41, 5.74) is 2.38. The SMILES string of the molecule is CC1(c2ccccc2Oc2ccc([N+](=O)[O-])cc2)CCC(C(C)(C)c2ccc(Oc3ccc([N+](=O)[O-])cc3)cc2)CC1. The van der Waals surface area contributed by atoms with E-state index in [1.165, 1.54) is 29.8 Å². The minimum absolute atomic E-state index is 0.0310. The van der Waals surface area contributed by atoms with E-state index in [-0.39, 0.29) is 22.2 Å². The van der Waals surface area contributed by atoms with Gasteiger partial charge in [0, 0.05) is 29.8 Å². The average Bonchev–Trinajstić information content (AvgIpc) is 2.98. The summed E-state index contributed by atoms with van der Waals surface area (Å²) in [7, 11) is 0. The van der Waals surface area contributed by atoms with Crippen LogP contribution in [0.3, 0.4) is 0 Å². The Morgan fingerprint density at radius 3 is 1.64 bits per heavy atom. The van der Waals surface area contributed by atoms with Gasteiger partial charge >= 0.3 is 0 Å². The Bertz CT molecular complexity index is 1560. The topological polar surface area (TPSA) is 105 Å². The van der Waals surface area contributed by atoms with Gasteiger partial charge in [0.05, 0.1) is 9.85 Å². The van der Waals surface area contributed by atoms with Gasteiger partial charge < -0.3 is 9.47 Å². The standard InChI is InChI=1S/C34H34N2O6/c1-33(2,24-8-14-28(15-9-24)41-29-16-10-26(11-17-29)35(37)38)25-20-22-34(3,23-21-25)31-6-4-5-7-32(31)42-30-18-12-27(13-19-30)36(39)40/h4-19,25H,20-23H2,1-3H3. The highest BCUT2D eigenvalue weighted by Gasteiger charge is 2.40. The molecule has 0 N–H and O–H groups in total. The van der Waals surface area contributed by atoms with E-state index in [2.05, 4.69) is 39.0 Å². The molecule has 216 valence electrons. The highest BCUT2D eigenvalue weighted by atomic mass is 16.6. The Balaban J connectivity index is 1.25. The third-order valence-electron chi connectivity index (χ3n) is 8.80. The Kier molecular flexibility index (Phi) is 7.98. The van der Waals surface area contributed by atoms with Crippen LogP contribution in [0.25, 0.3) is 0 Å². The molecule has 4 aromatic rings. The van der Waals surface area contributed by atoms with Gasteiger partial charge in [-0.25, -0.2) is 0 Å². The van der Waals surface area contributed by atoms with Gasteiger partial charge in [-0.2, -0.15) is 0 Å². The third kappa shape index (κ3) is 6.12. The van der Waals surface area contributed by atoms with Crippen LogP contribution in [0, 0.1) is 26.1 Å². The smallest absolute Gasteiger partial charge is 0.269 e. The molecule has 8 nitrogen and oxygen atoms in total. The molecule has 0 aromatic heterocycles. The normalized spacial score (nSPS) is 18.7. The summed E-state index contributed by atoms with van der Waals surface area (Å²) in [6.45, 7) is 6.91. The Morgan fingerprint density at radius 2 is 1.14 bits per heavy atom. The number of non-ortho nitro benzene ring substituents is 2. The number of para-hydroxylation sites is 1. The van der Waals surface area contributed by atoms with Crippen LogP contribution in [0.4, 0.5) is 11.4 Å². The molecule has 5 rings (SSSR count). The fraction of sp³-hybridized carbons (Fsp3) is 0.294. The molecule has 8 heteroatoms. The molecular weight excluding hydrogens is 532 g/mol. The fourth-order valence-corrected chi connectivity index (χ4v) is 6.02. The van der Waals surface area contributed by atoms with Crippen LogP contribution in [-0.4, -0.2) is 9.85 Å². The minimum Gasteiger partial charge on any atom is -0.457 e. The number of benzene rings is 4. The maximum absolute atomic E-state index is 11.0. The largest absolute Gasteiger partial charge is 0.457 e. The second kappa shape index (κ2) is 11.6. The fourth-order valence-electron chi connectivity index (χ4n) is 6.02. The molecule has 1 aliphatic carbocycles. The monoisotopic (exact) mass is 566 g/mol. The molecule has 0 radical (unpaired) electrons. The van der Waals surface area contributed by atoms with E-state index in [1.54, 1.807) is 24.3 Å². The van der Waals surface area contributed by atoms with Crippen LogP contribution in [0.15, 0.2) is 97.1 Å². The summed E-state index contributed by atoms with van der Waals surface area (Å²) in [5, 5.41) is 21.9. The van der Waals surface area contributed by atoms with Crippen LogP contribution in [0.5, 0.6) is 23.0 Å². The van der Waals surface area contributed by atoms with Crippen molar-refractivity contribution in [2.24, 2.45) is 5.92 Å². The quantitative estimate of drug-likeness (QED) is 0.148. The molecule has 42 heavy (non-hydrogen) atoms. The highest BCUT2D eigenvalue weighted by Crippen LogP contribution is 2.50. The van der Waals surface area contributed by atoms with Gasteiger partial charge in [-0.1, -0.05) is 51.1 Å². The van der Waals surface area contributed by atoms with Crippen molar-refractivity contribution in [3.05, 3.63) is 128 Å². The van der Waals surface area contributed by atoms with Crippen molar-refractivity contribution in [3.8, 4) is 23.0 Å². The second-order valence-electron chi connectivity index (χ2n) is 11.8. The van der Waals surface area contributed by atoms with E-state index in [1.807, 2.05) is 30.3 Å². The van der Waals surface area contributed by atoms with Crippen LogP contribution in [0.1, 0.15) is 57.6 Å². The Labute approximate surface area is 245 Å². The van der Waals surface area contributed by atoms with Crippen LogP contribution >= 0.6 is 0 Å². The summed E-state index contributed by atoms with van der Waals surface area (Å²) in [5.74, 6) is 3.10. The van der Waals surface area contributed by atoms with Gasteiger partial charge in [-0.15, -0.1) is 0 Å². The number of nitro groups is 2. The summed E-state index contributed by atoms with van der Waals surface area (Å²) in [6, 6.07) is 28.5. The molecule has 1 fully saturated rings. The molecule has 0 unspecified atom stereocenters. The van der Waals surface area contributed by atoms with E-state index in [9.17, 15) is 20.2 Å². The Hall–Kier alpha value is -4.72. The lowest BCUT2D eigenvalue weighted by molar-refractivity contribution is -0.385. The van der Waals surface area contributed by atoms with Crippen molar-refractivity contribution in [2.75, 3.05) is 0 Å². The summed E-state index contributed by atoms with van der Waals surface area (Å²) in [6.07, 6.45) is 4.17. The molecule has 0 bridgehead atoms. The van der Waals surface area contributed by atoms with E-state index in [0.717, 1.165) is 37.0 Å². The number of rotatable bonds is 9. The van der Waals surface area contributed by atoms with Gasteiger partial charge in [-0.3, -0.25) is 20.2 Å². The van der Waals surface area contributed by atoms with Crippen molar-refractivity contribution in [2.45, 2.75) is 57.3 Å². The number of hydrogen-bond donors (Lipinski definition) is 0. The zero-order chi connectivity index (χ0) is 29.9. The maximum Gasteiger partial charge on any atom is 0.269 e. The number of nitro benzene ring substituents is 2. The van der Waals surface area contributed by atoms with Crippen LogP contribution in [-0.2, 0) is 10.8 Å². The molecule has 0 atom stereocenters. The number of hydrogen-bond acceptors (Lipinski definition) is 6. The Morgan fingerprint density at radius 1 is 0.690 bits per heavy atom. The first kappa shape index (κ1) is 28.8. The van der Waals surface area contributed by atoms with Crippen molar-refractivity contribution in [1.82, 2.24) is 0 Å². The lowest BCUT2D eigenvalue weighted by atomic mass is 9.60. The van der Waals surface area contributed by atoms with E-state index in [4.69, 9.17) is 9.47 Å². The van der Waals surface area contributed by atoms with Gasteiger partial charge in [0.15, 0.2) is 0 Å². The summed E-state index contributed by atoms with van der Waals surface area (Å²) in [4.78, 5) is 21.1. The first-order valence-electron chi connectivity index (χ1n) is 14.1. The van der Waals surface area contributed by atoms with Gasteiger partial charge in [0.25, 0.3) is 11.4 Å². The minimum atomic E-state index is -0.428. The highest BCUT2D eigenvalue weighted by molar-refractivity contribution is 5.45. The molecule has 0 spiro atoms. The van der Waals surface area contributed by atoms with Gasteiger partial charge in [-0.05, 0) is 90.5 Å². The number of nitrogens with zero attached hydrogens (tertiary/aromatic N) is 2. The van der Waals surface area contributed by atoms with E-state index < -0.39 is 9.85 Å². The number of ether oxygens (including phenoxy) is 2. The maximum atomic E-state index is 11.0. The van der Waals surface area contributed by atoms with Crippen LogP contribution in [0.2, 0.25) is 0 Å². The van der Waals surface area contributed by atoms with Crippen molar-refractivity contribution >= 4 is 11.4 Å². The molecule has 4 aromatic carbocycles. The van der Waals surface area contributed by atoms with Crippen molar-refractivity contribution < 1.29 is 19.3 Å². The molecule has 0 saturated heterocycles. The third-order valence-corrected chi connectivity index (χ3v) is 8.80. The molecule has 0 amide bonds. The van der Waals surface area contributed by atoms with Crippen molar-refractivity contribution in [1.29, 1.82) is 0 Å². The second-order valence-corrected chi connectivity index (χ2v) is 11.8. The molecule has 1 aliphatic rings. The molecule has 0 heterocycles. The van der Waals surface area contributed by atoms with Crippen LogP contribution < -0.4 is 9.47 Å². The van der Waals surface area contributed by atoms with Gasteiger partial charge in [0.2, 0.25) is 0 Å². The summed E-state index contributed by atoms with van der Waals surface area (Å²) < 4.78 is 12.1. The van der Waals surface area contributed by atoms with Gasteiger partial charge in [0.1, 0.15) is 23.0 Å². The molecular formula is C34H34N2O6. The summed E-state index contributed by atoms with van der Waals surface area (Å²) >= 11 is 0. The van der Waals surface area contributed by atoms with E-state index in [0.29, 0.717) is 23.2 Å². The lowest BCUT2D eigenvalue weighted by Gasteiger charge is -2.44. The average molecular weight is 567 g/mol. The van der Waals surface area contributed by atoms with Crippen molar-refractivity contribution in [3.63, 3.8) is 0 Å².